The first kappa shape index (κ1) is 23.5. The molecular weight excluding hydrogens is 485 g/mol. The van der Waals surface area contributed by atoms with Gasteiger partial charge in [-0.3, -0.25) is 9.59 Å². The van der Waals surface area contributed by atoms with E-state index in [9.17, 15) is 9.59 Å². The van der Waals surface area contributed by atoms with Crippen LogP contribution in [0.3, 0.4) is 0 Å². The molecule has 0 saturated heterocycles. The van der Waals surface area contributed by atoms with Crippen molar-refractivity contribution < 1.29 is 13.9 Å². The molecular formula is C28H23Cl2NO4. The number of fused-ring (bicyclic) bond motifs is 2. The summed E-state index contributed by atoms with van der Waals surface area (Å²) in [6.45, 7) is 4.19. The van der Waals surface area contributed by atoms with Crippen LogP contribution < -0.4 is 10.2 Å². The van der Waals surface area contributed by atoms with Gasteiger partial charge in [-0.25, -0.2) is 0 Å². The molecule has 0 fully saturated rings. The molecule has 1 aromatic heterocycles. The average Bonchev–Trinajstić information content (AvgIpc) is 3.11. The van der Waals surface area contributed by atoms with Crippen LogP contribution in [-0.4, -0.2) is 24.5 Å². The summed E-state index contributed by atoms with van der Waals surface area (Å²) in [6.07, 6.45) is 0.591. The van der Waals surface area contributed by atoms with Gasteiger partial charge in [0.15, 0.2) is 5.43 Å². The minimum Gasteiger partial charge on any atom is -0.497 e. The van der Waals surface area contributed by atoms with Crippen LogP contribution in [0.5, 0.6) is 5.75 Å². The zero-order valence-corrected chi connectivity index (χ0v) is 21.0. The molecule has 4 aromatic rings. The van der Waals surface area contributed by atoms with Crippen molar-refractivity contribution in [2.24, 2.45) is 0 Å². The van der Waals surface area contributed by atoms with Gasteiger partial charge in [-0.15, -0.1) is 0 Å². The van der Waals surface area contributed by atoms with Gasteiger partial charge in [0, 0.05) is 6.54 Å². The first-order chi connectivity index (χ1) is 16.8. The molecule has 5 rings (SSSR count). The van der Waals surface area contributed by atoms with E-state index in [1.165, 1.54) is 0 Å². The summed E-state index contributed by atoms with van der Waals surface area (Å²) in [7, 11) is 1.62. The topological polar surface area (TPSA) is 59.8 Å². The predicted molar refractivity (Wildman–Crippen MR) is 138 cm³/mol. The van der Waals surface area contributed by atoms with Crippen molar-refractivity contribution in [1.82, 2.24) is 4.90 Å². The van der Waals surface area contributed by atoms with E-state index in [0.29, 0.717) is 45.1 Å². The average molecular weight is 508 g/mol. The van der Waals surface area contributed by atoms with Crippen molar-refractivity contribution in [3.8, 4) is 5.75 Å². The molecule has 0 radical (unpaired) electrons. The third-order valence-corrected chi connectivity index (χ3v) is 7.21. The molecule has 0 spiro atoms. The molecule has 3 aromatic carbocycles. The van der Waals surface area contributed by atoms with Crippen LogP contribution in [0.4, 0.5) is 0 Å². The Kier molecular flexibility index (Phi) is 6.07. The number of ether oxygens (including phenoxy) is 1. The van der Waals surface area contributed by atoms with Gasteiger partial charge in [-0.05, 0) is 72.9 Å². The molecule has 178 valence electrons. The molecule has 35 heavy (non-hydrogen) atoms. The Morgan fingerprint density at radius 3 is 2.40 bits per heavy atom. The number of carbonyl (C=O) groups is 1. The molecule has 1 aliphatic rings. The van der Waals surface area contributed by atoms with Crippen molar-refractivity contribution in [3.05, 3.63) is 108 Å². The SMILES string of the molecule is COc1ccc(CCN2C(=O)c3oc4cc(C)cc(C)c4c(=O)c3C2c2ccc(Cl)c(Cl)c2)cc1. The Balaban J connectivity index is 1.64. The van der Waals surface area contributed by atoms with Crippen LogP contribution in [-0.2, 0) is 6.42 Å². The number of methoxy groups -OCH3 is 1. The molecule has 0 aliphatic carbocycles. The molecule has 1 unspecified atom stereocenters. The zero-order valence-electron chi connectivity index (χ0n) is 19.5. The van der Waals surface area contributed by atoms with E-state index in [0.717, 1.165) is 22.4 Å². The van der Waals surface area contributed by atoms with Crippen molar-refractivity contribution in [3.63, 3.8) is 0 Å². The fraction of sp³-hybridized carbons (Fsp3) is 0.214. The number of rotatable bonds is 5. The van der Waals surface area contributed by atoms with Gasteiger partial charge in [0.25, 0.3) is 5.91 Å². The first-order valence-electron chi connectivity index (χ1n) is 11.2. The third kappa shape index (κ3) is 4.09. The number of carbonyl (C=O) groups excluding carboxylic acids is 1. The molecule has 5 nitrogen and oxygen atoms in total. The fourth-order valence-electron chi connectivity index (χ4n) is 4.82. The number of benzene rings is 3. The Labute approximate surface area is 212 Å². The molecule has 1 aliphatic heterocycles. The van der Waals surface area contributed by atoms with Crippen LogP contribution in [0.25, 0.3) is 11.0 Å². The molecule has 1 atom stereocenters. The molecule has 0 bridgehead atoms. The second kappa shape index (κ2) is 9.06. The maximum atomic E-state index is 13.8. The Morgan fingerprint density at radius 2 is 1.71 bits per heavy atom. The summed E-state index contributed by atoms with van der Waals surface area (Å²) in [6, 6.07) is 16.0. The summed E-state index contributed by atoms with van der Waals surface area (Å²) in [5.41, 5.74) is 4.08. The normalized spacial score (nSPS) is 15.1. The van der Waals surface area contributed by atoms with Crippen molar-refractivity contribution in [2.75, 3.05) is 13.7 Å². The van der Waals surface area contributed by atoms with Crippen molar-refractivity contribution >= 4 is 40.1 Å². The molecule has 1 amide bonds. The quantitative estimate of drug-likeness (QED) is 0.308. The van der Waals surface area contributed by atoms with Crippen LogP contribution in [0.1, 0.15) is 44.4 Å². The number of hydrogen-bond donors (Lipinski definition) is 0. The number of nitrogens with zero attached hydrogens (tertiary/aromatic N) is 1. The lowest BCUT2D eigenvalue weighted by molar-refractivity contribution is 0.0730. The maximum Gasteiger partial charge on any atom is 0.290 e. The Bertz CT molecular complexity index is 1530. The summed E-state index contributed by atoms with van der Waals surface area (Å²) in [5, 5.41) is 1.25. The maximum absolute atomic E-state index is 13.8. The second-order valence-corrected chi connectivity index (χ2v) is 9.62. The van der Waals surface area contributed by atoms with Crippen molar-refractivity contribution in [2.45, 2.75) is 26.3 Å². The van der Waals surface area contributed by atoms with Gasteiger partial charge in [0.05, 0.1) is 34.1 Å². The lowest BCUT2D eigenvalue weighted by Crippen LogP contribution is -2.31. The zero-order chi connectivity index (χ0) is 24.9. The smallest absolute Gasteiger partial charge is 0.290 e. The highest BCUT2D eigenvalue weighted by Crippen LogP contribution is 2.40. The summed E-state index contributed by atoms with van der Waals surface area (Å²) in [4.78, 5) is 29.1. The first-order valence-corrected chi connectivity index (χ1v) is 12.0. The minimum atomic E-state index is -0.633. The van der Waals surface area contributed by atoms with Gasteiger partial charge in [-0.2, -0.15) is 0 Å². The lowest BCUT2D eigenvalue weighted by atomic mass is 9.96. The van der Waals surface area contributed by atoms with Gasteiger partial charge in [-0.1, -0.05) is 47.5 Å². The minimum absolute atomic E-state index is 0.0818. The number of hydrogen-bond acceptors (Lipinski definition) is 4. The van der Waals surface area contributed by atoms with Crippen molar-refractivity contribution in [1.29, 1.82) is 0 Å². The van der Waals surface area contributed by atoms with E-state index >= 15 is 0 Å². The van der Waals surface area contributed by atoms with Crippen LogP contribution in [0.2, 0.25) is 10.0 Å². The largest absolute Gasteiger partial charge is 0.497 e. The van der Waals surface area contributed by atoms with E-state index in [1.54, 1.807) is 36.3 Å². The molecule has 0 saturated carbocycles. The predicted octanol–water partition coefficient (Wildman–Crippen LogP) is 6.51. The highest BCUT2D eigenvalue weighted by molar-refractivity contribution is 6.42. The number of amides is 1. The van der Waals surface area contributed by atoms with Gasteiger partial charge >= 0.3 is 0 Å². The third-order valence-electron chi connectivity index (χ3n) is 6.47. The fourth-order valence-corrected chi connectivity index (χ4v) is 5.12. The summed E-state index contributed by atoms with van der Waals surface area (Å²) < 4.78 is 11.3. The van der Waals surface area contributed by atoms with E-state index in [4.69, 9.17) is 32.4 Å². The van der Waals surface area contributed by atoms with Gasteiger partial charge < -0.3 is 14.1 Å². The molecule has 7 heteroatoms. The number of halogens is 2. The second-order valence-electron chi connectivity index (χ2n) is 8.80. The monoisotopic (exact) mass is 507 g/mol. The van der Waals surface area contributed by atoms with Gasteiger partial charge in [0.2, 0.25) is 5.76 Å². The van der Waals surface area contributed by atoms with Gasteiger partial charge in [0.1, 0.15) is 11.3 Å². The summed E-state index contributed by atoms with van der Waals surface area (Å²) in [5.74, 6) is 0.528. The Hall–Kier alpha value is -3.28. The van der Waals surface area contributed by atoms with E-state index in [1.807, 2.05) is 44.2 Å². The highest BCUT2D eigenvalue weighted by Gasteiger charge is 2.42. The van der Waals surface area contributed by atoms with E-state index in [2.05, 4.69) is 0 Å². The van der Waals surface area contributed by atoms with Crippen LogP contribution in [0, 0.1) is 13.8 Å². The molecule has 0 N–H and O–H groups in total. The Morgan fingerprint density at radius 1 is 0.971 bits per heavy atom. The number of aryl methyl sites for hydroxylation is 2. The summed E-state index contributed by atoms with van der Waals surface area (Å²) >= 11 is 12.5. The highest BCUT2D eigenvalue weighted by atomic mass is 35.5. The van der Waals surface area contributed by atoms with Crippen LogP contribution in [0.15, 0.2) is 63.8 Å². The van der Waals surface area contributed by atoms with Crippen LogP contribution >= 0.6 is 23.2 Å². The standard InChI is InChI=1S/C28H23Cl2NO4/c1-15-12-16(2)23-22(13-15)35-27-24(26(23)32)25(18-6-9-20(29)21(30)14-18)31(28(27)33)11-10-17-4-7-19(34-3)8-5-17/h4-9,12-14,25H,10-11H2,1-3H3. The lowest BCUT2D eigenvalue weighted by Gasteiger charge is -2.25. The molecule has 2 heterocycles. The van der Waals surface area contributed by atoms with E-state index < -0.39 is 6.04 Å². The van der Waals surface area contributed by atoms with E-state index in [-0.39, 0.29) is 17.1 Å².